The topological polar surface area (TPSA) is 55.0 Å². The molecule has 1 aromatic heterocycles. The van der Waals surface area contributed by atoms with Gasteiger partial charge in [-0.2, -0.15) is 0 Å². The molecular weight excluding hydrogens is 252 g/mol. The van der Waals surface area contributed by atoms with Crippen molar-refractivity contribution in [1.82, 2.24) is 9.97 Å². The molecule has 1 aliphatic carbocycles. The largest absolute Gasteiger partial charge is 0.490 e. The van der Waals surface area contributed by atoms with E-state index in [-0.39, 0.29) is 5.56 Å². The number of ether oxygens (including phenoxy) is 1. The molecule has 0 radical (unpaired) electrons. The van der Waals surface area contributed by atoms with Gasteiger partial charge < -0.3 is 9.72 Å². The zero-order chi connectivity index (χ0) is 13.9. The summed E-state index contributed by atoms with van der Waals surface area (Å²) in [7, 11) is 0. The van der Waals surface area contributed by atoms with Crippen molar-refractivity contribution in [2.75, 3.05) is 0 Å². The maximum absolute atomic E-state index is 11.9. The first-order valence-corrected chi connectivity index (χ1v) is 7.11. The predicted molar refractivity (Wildman–Crippen MR) is 77.9 cm³/mol. The van der Waals surface area contributed by atoms with Crippen LogP contribution in [0.1, 0.15) is 31.7 Å². The first-order chi connectivity index (χ1) is 9.78. The standard InChI is InChI=1S/C16H18N2O2/c1-2-4-14-15(17-10-18-16(14)19)11-5-3-6-13(9-11)20-12-7-8-12/h3,5-6,9-10,12H,2,4,7-8H2,1H3,(H,17,18,19). The number of nitrogens with one attached hydrogen (secondary N) is 1. The molecule has 3 rings (SSSR count). The van der Waals surface area contributed by atoms with E-state index in [0.29, 0.717) is 6.10 Å². The molecule has 104 valence electrons. The van der Waals surface area contributed by atoms with Gasteiger partial charge in [-0.3, -0.25) is 4.79 Å². The Morgan fingerprint density at radius 3 is 3.00 bits per heavy atom. The number of rotatable bonds is 5. The SMILES string of the molecule is CCCc1c(-c2cccc(OC3CC3)c2)nc[nH]c1=O. The second-order valence-corrected chi connectivity index (χ2v) is 5.15. The average molecular weight is 270 g/mol. The van der Waals surface area contributed by atoms with Gasteiger partial charge >= 0.3 is 0 Å². The lowest BCUT2D eigenvalue weighted by molar-refractivity contribution is 0.303. The van der Waals surface area contributed by atoms with Crippen LogP contribution in [-0.4, -0.2) is 16.1 Å². The van der Waals surface area contributed by atoms with Crippen LogP contribution in [0.5, 0.6) is 5.75 Å². The number of H-pyrrole nitrogens is 1. The Kier molecular flexibility index (Phi) is 3.54. The summed E-state index contributed by atoms with van der Waals surface area (Å²) in [6.07, 6.45) is 5.74. The minimum absolute atomic E-state index is 0.0506. The maximum atomic E-state index is 11.9. The van der Waals surface area contributed by atoms with Crippen LogP contribution in [0.15, 0.2) is 35.4 Å². The molecule has 1 fully saturated rings. The van der Waals surface area contributed by atoms with E-state index in [1.54, 1.807) is 0 Å². The van der Waals surface area contributed by atoms with Crippen molar-refractivity contribution in [2.45, 2.75) is 38.7 Å². The van der Waals surface area contributed by atoms with Crippen molar-refractivity contribution in [3.63, 3.8) is 0 Å². The molecular formula is C16H18N2O2. The highest BCUT2D eigenvalue weighted by molar-refractivity contribution is 5.64. The van der Waals surface area contributed by atoms with Crippen molar-refractivity contribution in [2.24, 2.45) is 0 Å². The molecule has 2 aromatic rings. The van der Waals surface area contributed by atoms with Crippen molar-refractivity contribution >= 4 is 0 Å². The van der Waals surface area contributed by atoms with E-state index in [4.69, 9.17) is 4.74 Å². The van der Waals surface area contributed by atoms with Gasteiger partial charge in [0.15, 0.2) is 0 Å². The van der Waals surface area contributed by atoms with Crippen LogP contribution in [0.4, 0.5) is 0 Å². The van der Waals surface area contributed by atoms with Gasteiger partial charge in [-0.1, -0.05) is 25.5 Å². The third kappa shape index (κ3) is 2.74. The summed E-state index contributed by atoms with van der Waals surface area (Å²) in [6.45, 7) is 2.06. The lowest BCUT2D eigenvalue weighted by Crippen LogP contribution is -2.14. The Morgan fingerprint density at radius 2 is 2.25 bits per heavy atom. The predicted octanol–water partition coefficient (Wildman–Crippen LogP) is 2.93. The third-order valence-corrected chi connectivity index (χ3v) is 3.38. The summed E-state index contributed by atoms with van der Waals surface area (Å²) in [5, 5.41) is 0. The number of aromatic nitrogens is 2. The van der Waals surface area contributed by atoms with Gasteiger partial charge in [-0.25, -0.2) is 4.98 Å². The van der Waals surface area contributed by atoms with Crippen molar-refractivity contribution in [3.8, 4) is 17.0 Å². The maximum Gasteiger partial charge on any atom is 0.254 e. The van der Waals surface area contributed by atoms with E-state index < -0.39 is 0 Å². The number of aromatic amines is 1. The lowest BCUT2D eigenvalue weighted by atomic mass is 10.0. The van der Waals surface area contributed by atoms with Gasteiger partial charge in [0.25, 0.3) is 5.56 Å². The number of benzene rings is 1. The number of hydrogen-bond donors (Lipinski definition) is 1. The third-order valence-electron chi connectivity index (χ3n) is 3.38. The van der Waals surface area contributed by atoms with E-state index in [2.05, 4.69) is 16.9 Å². The molecule has 0 atom stereocenters. The molecule has 1 heterocycles. The molecule has 0 bridgehead atoms. The molecule has 0 amide bonds. The molecule has 1 N–H and O–H groups in total. The Hall–Kier alpha value is -2.10. The molecule has 20 heavy (non-hydrogen) atoms. The summed E-state index contributed by atoms with van der Waals surface area (Å²) >= 11 is 0. The van der Waals surface area contributed by atoms with Crippen LogP contribution in [0.2, 0.25) is 0 Å². The second kappa shape index (κ2) is 5.49. The number of nitrogens with zero attached hydrogens (tertiary/aromatic N) is 1. The van der Waals surface area contributed by atoms with Gasteiger partial charge in [0.1, 0.15) is 5.75 Å². The highest BCUT2D eigenvalue weighted by Crippen LogP contribution is 2.29. The van der Waals surface area contributed by atoms with Crippen LogP contribution in [0.3, 0.4) is 0 Å². The quantitative estimate of drug-likeness (QED) is 0.908. The average Bonchev–Trinajstić information content (AvgIpc) is 3.25. The molecule has 1 saturated carbocycles. The first-order valence-electron chi connectivity index (χ1n) is 7.11. The molecule has 1 aromatic carbocycles. The fraction of sp³-hybridized carbons (Fsp3) is 0.375. The van der Waals surface area contributed by atoms with Crippen LogP contribution < -0.4 is 10.3 Å². The van der Waals surface area contributed by atoms with E-state index in [0.717, 1.165) is 48.3 Å². The zero-order valence-electron chi connectivity index (χ0n) is 11.6. The molecule has 0 saturated heterocycles. The number of hydrogen-bond acceptors (Lipinski definition) is 3. The minimum atomic E-state index is -0.0506. The normalized spacial score (nSPS) is 14.2. The molecule has 0 aliphatic heterocycles. The fourth-order valence-corrected chi connectivity index (χ4v) is 2.25. The van der Waals surface area contributed by atoms with Crippen LogP contribution in [-0.2, 0) is 6.42 Å². The molecule has 0 unspecified atom stereocenters. The molecule has 4 nitrogen and oxygen atoms in total. The first kappa shape index (κ1) is 12.9. The summed E-state index contributed by atoms with van der Waals surface area (Å²) in [4.78, 5) is 19.0. The van der Waals surface area contributed by atoms with Crippen molar-refractivity contribution in [1.29, 1.82) is 0 Å². The highest BCUT2D eigenvalue weighted by atomic mass is 16.5. The van der Waals surface area contributed by atoms with Crippen molar-refractivity contribution in [3.05, 3.63) is 46.5 Å². The summed E-state index contributed by atoms with van der Waals surface area (Å²) in [5.74, 6) is 0.856. The van der Waals surface area contributed by atoms with E-state index in [1.165, 1.54) is 6.33 Å². The summed E-state index contributed by atoms with van der Waals surface area (Å²) in [6, 6.07) is 7.85. The van der Waals surface area contributed by atoms with Gasteiger partial charge in [-0.05, 0) is 31.4 Å². The monoisotopic (exact) mass is 270 g/mol. The molecule has 1 aliphatic rings. The minimum Gasteiger partial charge on any atom is -0.490 e. The second-order valence-electron chi connectivity index (χ2n) is 5.15. The van der Waals surface area contributed by atoms with Crippen LogP contribution in [0.25, 0.3) is 11.3 Å². The van der Waals surface area contributed by atoms with Gasteiger partial charge in [0.2, 0.25) is 0 Å². The van der Waals surface area contributed by atoms with Gasteiger partial charge in [0.05, 0.1) is 18.1 Å². The zero-order valence-corrected chi connectivity index (χ0v) is 11.6. The van der Waals surface area contributed by atoms with E-state index in [9.17, 15) is 4.79 Å². The van der Waals surface area contributed by atoms with Crippen LogP contribution in [0, 0.1) is 0 Å². The van der Waals surface area contributed by atoms with Gasteiger partial charge in [0, 0.05) is 11.1 Å². The van der Waals surface area contributed by atoms with Crippen LogP contribution >= 0.6 is 0 Å². The summed E-state index contributed by atoms with van der Waals surface area (Å²) in [5.41, 5.74) is 2.40. The Labute approximate surface area is 117 Å². The molecule has 0 spiro atoms. The van der Waals surface area contributed by atoms with Gasteiger partial charge in [-0.15, -0.1) is 0 Å². The Bertz CT molecular complexity index is 660. The fourth-order valence-electron chi connectivity index (χ4n) is 2.25. The summed E-state index contributed by atoms with van der Waals surface area (Å²) < 4.78 is 5.80. The van der Waals surface area contributed by atoms with E-state index in [1.807, 2.05) is 24.3 Å². The highest BCUT2D eigenvalue weighted by Gasteiger charge is 2.23. The van der Waals surface area contributed by atoms with Crippen molar-refractivity contribution < 1.29 is 4.74 Å². The smallest absolute Gasteiger partial charge is 0.254 e. The van der Waals surface area contributed by atoms with E-state index >= 15 is 0 Å². The lowest BCUT2D eigenvalue weighted by Gasteiger charge is -2.09. The Balaban J connectivity index is 1.99. The Morgan fingerprint density at radius 1 is 1.40 bits per heavy atom. The molecule has 4 heteroatoms.